The number of ether oxygens (including phenoxy) is 1. The quantitative estimate of drug-likeness (QED) is 0.700. The summed E-state index contributed by atoms with van der Waals surface area (Å²) in [6.07, 6.45) is 1.36. The average Bonchev–Trinajstić information content (AvgIpc) is 2.53. The maximum Gasteiger partial charge on any atom is 0.156 e. The second-order valence-corrected chi connectivity index (χ2v) is 8.13. The number of pyridine rings is 1. The van der Waals surface area contributed by atoms with Crippen molar-refractivity contribution in [1.29, 1.82) is 0 Å². The Balaban J connectivity index is 2.26. The van der Waals surface area contributed by atoms with Gasteiger partial charge in [0.25, 0.3) is 0 Å². The number of aromatic nitrogens is 1. The van der Waals surface area contributed by atoms with Crippen LogP contribution in [0.2, 0.25) is 5.02 Å². The number of hydrogen-bond acceptors (Lipinski definition) is 6. The molecule has 0 aliphatic heterocycles. The number of carboxylic acid groups (broad SMARTS) is 1. The molecule has 8 heteroatoms. The van der Waals surface area contributed by atoms with E-state index < -0.39 is 27.5 Å². The van der Waals surface area contributed by atoms with Gasteiger partial charge in [0.1, 0.15) is 23.1 Å². The van der Waals surface area contributed by atoms with E-state index in [1.807, 2.05) is 0 Å². The first-order valence-electron chi connectivity index (χ1n) is 7.42. The highest BCUT2D eigenvalue weighted by molar-refractivity contribution is 7.92. The van der Waals surface area contributed by atoms with E-state index in [-0.39, 0.29) is 12.4 Å². The molecule has 0 fully saturated rings. The molecule has 1 heterocycles. The minimum absolute atomic E-state index is 0.103. The number of sulfone groups is 1. The molecule has 0 N–H and O–H groups in total. The third-order valence-corrected chi connectivity index (χ3v) is 6.12. The van der Waals surface area contributed by atoms with Gasteiger partial charge < -0.3 is 14.6 Å². The van der Waals surface area contributed by atoms with Crippen LogP contribution in [0.1, 0.15) is 19.8 Å². The van der Waals surface area contributed by atoms with Crippen LogP contribution in [-0.2, 0) is 14.6 Å². The van der Waals surface area contributed by atoms with Gasteiger partial charge in [-0.3, -0.25) is 4.98 Å². The van der Waals surface area contributed by atoms with Crippen LogP contribution in [0.4, 0.5) is 0 Å². The molecule has 0 aliphatic carbocycles. The first-order chi connectivity index (χ1) is 11.3. The summed E-state index contributed by atoms with van der Waals surface area (Å²) < 4.78 is 30.0. The van der Waals surface area contributed by atoms with Crippen molar-refractivity contribution in [1.82, 2.24) is 4.98 Å². The van der Waals surface area contributed by atoms with E-state index in [1.165, 1.54) is 0 Å². The van der Waals surface area contributed by atoms with Crippen LogP contribution < -0.4 is 9.84 Å². The Morgan fingerprint density at radius 1 is 1.38 bits per heavy atom. The normalized spacial score (nSPS) is 12.9. The lowest BCUT2D eigenvalue weighted by atomic mass is 10.2. The van der Waals surface area contributed by atoms with Crippen LogP contribution in [0.5, 0.6) is 5.75 Å². The molecule has 1 aromatic heterocycles. The molecule has 0 aliphatic rings. The van der Waals surface area contributed by atoms with Gasteiger partial charge in [0.2, 0.25) is 0 Å². The molecule has 24 heavy (non-hydrogen) atoms. The summed E-state index contributed by atoms with van der Waals surface area (Å²) in [5.74, 6) is -1.18. The minimum Gasteiger partial charge on any atom is -0.550 e. The Labute approximate surface area is 145 Å². The van der Waals surface area contributed by atoms with Crippen LogP contribution in [0.3, 0.4) is 0 Å². The van der Waals surface area contributed by atoms with E-state index in [0.29, 0.717) is 28.1 Å². The smallest absolute Gasteiger partial charge is 0.156 e. The van der Waals surface area contributed by atoms with Gasteiger partial charge in [-0.25, -0.2) is 8.42 Å². The standard InChI is InChI=1S/C16H18ClNO5S/c1-2-8-24(21,22)11(9-15(19)20)10-23-14-6-5-13(17)12-4-3-7-18-16(12)14/h3-7,11H,2,8-10H2,1H3,(H,19,20)/p-1. The van der Waals surface area contributed by atoms with Crippen molar-refractivity contribution in [3.8, 4) is 5.75 Å². The number of halogens is 1. The van der Waals surface area contributed by atoms with Gasteiger partial charge in [-0.2, -0.15) is 0 Å². The highest BCUT2D eigenvalue weighted by Gasteiger charge is 2.26. The number of aliphatic carboxylic acids is 1. The lowest BCUT2D eigenvalue weighted by Crippen LogP contribution is -2.37. The van der Waals surface area contributed by atoms with Gasteiger partial charge >= 0.3 is 0 Å². The van der Waals surface area contributed by atoms with Crippen molar-refractivity contribution in [2.45, 2.75) is 25.0 Å². The van der Waals surface area contributed by atoms with Gasteiger partial charge in [-0.1, -0.05) is 18.5 Å². The second-order valence-electron chi connectivity index (χ2n) is 5.32. The molecule has 0 amide bonds. The van der Waals surface area contributed by atoms with E-state index in [1.54, 1.807) is 37.4 Å². The molecular weight excluding hydrogens is 354 g/mol. The molecule has 0 spiro atoms. The zero-order valence-corrected chi connectivity index (χ0v) is 14.6. The maximum atomic E-state index is 12.2. The number of nitrogens with zero attached hydrogens (tertiary/aromatic N) is 1. The summed E-state index contributed by atoms with van der Waals surface area (Å²) in [6.45, 7) is 1.43. The molecule has 1 aromatic carbocycles. The monoisotopic (exact) mass is 370 g/mol. The fourth-order valence-corrected chi connectivity index (χ4v) is 4.12. The first-order valence-corrected chi connectivity index (χ1v) is 9.52. The van der Waals surface area contributed by atoms with Crippen molar-refractivity contribution < 1.29 is 23.1 Å². The van der Waals surface area contributed by atoms with Crippen molar-refractivity contribution in [2.75, 3.05) is 12.4 Å². The Morgan fingerprint density at radius 2 is 2.12 bits per heavy atom. The Morgan fingerprint density at radius 3 is 2.79 bits per heavy atom. The Kier molecular flexibility index (Phi) is 6.01. The molecular formula is C16H17ClNO5S-. The predicted molar refractivity (Wildman–Crippen MR) is 89.7 cm³/mol. The fraction of sp³-hybridized carbons (Fsp3) is 0.375. The third-order valence-electron chi connectivity index (χ3n) is 3.50. The molecule has 1 unspecified atom stereocenters. The molecule has 1 atom stereocenters. The summed E-state index contributed by atoms with van der Waals surface area (Å²) in [4.78, 5) is 15.1. The van der Waals surface area contributed by atoms with Crippen LogP contribution in [-0.4, -0.2) is 37.0 Å². The number of hydrogen-bond donors (Lipinski definition) is 0. The van der Waals surface area contributed by atoms with Crippen molar-refractivity contribution in [3.05, 3.63) is 35.5 Å². The highest BCUT2D eigenvalue weighted by Crippen LogP contribution is 2.30. The first kappa shape index (κ1) is 18.5. The molecule has 0 saturated carbocycles. The van der Waals surface area contributed by atoms with Gasteiger partial charge in [-0.05, 0) is 30.7 Å². The highest BCUT2D eigenvalue weighted by atomic mass is 35.5. The summed E-state index contributed by atoms with van der Waals surface area (Å²) in [5, 5.41) is 10.9. The number of carbonyl (C=O) groups excluding carboxylic acids is 1. The van der Waals surface area contributed by atoms with Crippen molar-refractivity contribution >= 4 is 38.3 Å². The average molecular weight is 371 g/mol. The Hall–Kier alpha value is -1.86. The van der Waals surface area contributed by atoms with Crippen LogP contribution >= 0.6 is 11.6 Å². The number of fused-ring (bicyclic) bond motifs is 1. The largest absolute Gasteiger partial charge is 0.550 e. The van der Waals surface area contributed by atoms with Crippen molar-refractivity contribution in [3.63, 3.8) is 0 Å². The predicted octanol–water partition coefficient (Wildman–Crippen LogP) is 1.60. The van der Waals surface area contributed by atoms with E-state index >= 15 is 0 Å². The zero-order valence-electron chi connectivity index (χ0n) is 13.1. The van der Waals surface area contributed by atoms with E-state index in [2.05, 4.69) is 4.98 Å². The lowest BCUT2D eigenvalue weighted by molar-refractivity contribution is -0.305. The number of benzene rings is 1. The SMILES string of the molecule is CCCS(=O)(=O)C(COc1ccc(Cl)c2cccnc12)CC(=O)[O-]. The summed E-state index contributed by atoms with van der Waals surface area (Å²) in [6, 6.07) is 6.70. The van der Waals surface area contributed by atoms with Crippen molar-refractivity contribution in [2.24, 2.45) is 0 Å². The van der Waals surface area contributed by atoms with Gasteiger partial charge in [0.05, 0.1) is 10.8 Å². The van der Waals surface area contributed by atoms with E-state index in [9.17, 15) is 18.3 Å². The van der Waals surface area contributed by atoms with Gasteiger partial charge in [-0.15, -0.1) is 0 Å². The van der Waals surface area contributed by atoms with E-state index in [0.717, 1.165) is 0 Å². The second kappa shape index (κ2) is 7.81. The van der Waals surface area contributed by atoms with E-state index in [4.69, 9.17) is 16.3 Å². The molecule has 0 radical (unpaired) electrons. The zero-order chi connectivity index (χ0) is 17.7. The molecule has 0 saturated heterocycles. The fourth-order valence-electron chi connectivity index (χ4n) is 2.34. The topological polar surface area (TPSA) is 96.4 Å². The number of carbonyl (C=O) groups is 1. The summed E-state index contributed by atoms with van der Waals surface area (Å²) in [5.41, 5.74) is 0.491. The molecule has 6 nitrogen and oxygen atoms in total. The third kappa shape index (κ3) is 4.36. The van der Waals surface area contributed by atoms with Crippen LogP contribution in [0, 0.1) is 0 Å². The maximum absolute atomic E-state index is 12.2. The van der Waals surface area contributed by atoms with Crippen LogP contribution in [0.15, 0.2) is 30.5 Å². The van der Waals surface area contributed by atoms with Gasteiger partial charge in [0.15, 0.2) is 9.84 Å². The number of carboxylic acids is 1. The molecule has 2 rings (SSSR count). The van der Waals surface area contributed by atoms with Gasteiger partial charge in [0, 0.05) is 24.0 Å². The molecule has 130 valence electrons. The summed E-state index contributed by atoms with van der Waals surface area (Å²) >= 11 is 6.10. The summed E-state index contributed by atoms with van der Waals surface area (Å²) in [7, 11) is -3.59. The molecule has 0 bridgehead atoms. The van der Waals surface area contributed by atoms with Crippen LogP contribution in [0.25, 0.3) is 10.9 Å². The number of rotatable bonds is 8. The minimum atomic E-state index is -3.59. The lowest BCUT2D eigenvalue weighted by Gasteiger charge is -2.19. The molecule has 2 aromatic rings. The Bertz CT molecular complexity index is 837.